The number of guanidine groups is 1. The maximum atomic E-state index is 4.32. The maximum Gasteiger partial charge on any atom is 0.191 e. The molecule has 1 fully saturated rings. The summed E-state index contributed by atoms with van der Waals surface area (Å²) in [6.07, 6.45) is 9.30. The summed E-state index contributed by atoms with van der Waals surface area (Å²) in [5.74, 6) is 1.73. The Balaban J connectivity index is 0.00000200. The molecule has 0 aromatic rings. The van der Waals surface area contributed by atoms with Crippen molar-refractivity contribution in [2.45, 2.75) is 38.6 Å². The van der Waals surface area contributed by atoms with Crippen molar-refractivity contribution in [3.63, 3.8) is 0 Å². The summed E-state index contributed by atoms with van der Waals surface area (Å²) in [7, 11) is 1.86. The number of hydrogen-bond acceptors (Lipinski definition) is 2. The Morgan fingerprint density at radius 2 is 2.10 bits per heavy atom. The van der Waals surface area contributed by atoms with Crippen molar-refractivity contribution >= 4 is 29.9 Å². The molecule has 0 radical (unpaired) electrons. The van der Waals surface area contributed by atoms with Crippen molar-refractivity contribution in [1.29, 1.82) is 0 Å². The highest BCUT2D eigenvalue weighted by molar-refractivity contribution is 14.0. The van der Waals surface area contributed by atoms with Crippen LogP contribution in [0.4, 0.5) is 0 Å². The molecule has 0 bridgehead atoms. The number of halogens is 1. The van der Waals surface area contributed by atoms with Crippen LogP contribution in [0.3, 0.4) is 0 Å². The van der Waals surface area contributed by atoms with Gasteiger partial charge >= 0.3 is 0 Å². The van der Waals surface area contributed by atoms with E-state index in [0.29, 0.717) is 6.04 Å². The van der Waals surface area contributed by atoms with Gasteiger partial charge in [-0.25, -0.2) is 0 Å². The van der Waals surface area contributed by atoms with Crippen LogP contribution in [0.1, 0.15) is 32.6 Å². The summed E-state index contributed by atoms with van der Waals surface area (Å²) in [5, 5.41) is 6.97. The highest BCUT2D eigenvalue weighted by Gasteiger charge is 2.22. The second-order valence-electron chi connectivity index (χ2n) is 5.69. The first-order chi connectivity index (χ1) is 9.31. The van der Waals surface area contributed by atoms with Gasteiger partial charge in [-0.1, -0.05) is 19.1 Å². The van der Waals surface area contributed by atoms with Crippen molar-refractivity contribution in [2.24, 2.45) is 10.9 Å². The first kappa shape index (κ1) is 17.8. The van der Waals surface area contributed by atoms with E-state index in [9.17, 15) is 0 Å². The predicted molar refractivity (Wildman–Crippen MR) is 96.9 cm³/mol. The molecule has 1 heterocycles. The predicted octanol–water partition coefficient (Wildman–Crippen LogP) is 2.22. The Morgan fingerprint density at radius 1 is 1.35 bits per heavy atom. The minimum absolute atomic E-state index is 0. The fourth-order valence-corrected chi connectivity index (χ4v) is 2.96. The molecular weight excluding hydrogens is 363 g/mol. The highest BCUT2D eigenvalue weighted by atomic mass is 127. The van der Waals surface area contributed by atoms with Crippen molar-refractivity contribution in [2.75, 3.05) is 33.2 Å². The van der Waals surface area contributed by atoms with Crippen LogP contribution in [0, 0.1) is 5.92 Å². The number of hydrogen-bond donors (Lipinski definition) is 2. The van der Waals surface area contributed by atoms with Crippen LogP contribution in [-0.4, -0.2) is 50.1 Å². The Bertz CT molecular complexity index is 322. The number of nitrogens with one attached hydrogen (secondary N) is 2. The monoisotopic (exact) mass is 392 g/mol. The quantitative estimate of drug-likeness (QED) is 0.326. The molecule has 1 aliphatic carbocycles. The number of rotatable bonds is 5. The Labute approximate surface area is 140 Å². The van der Waals surface area contributed by atoms with E-state index in [1.807, 2.05) is 7.05 Å². The van der Waals surface area contributed by atoms with Gasteiger partial charge in [0.15, 0.2) is 5.96 Å². The summed E-state index contributed by atoms with van der Waals surface area (Å²) in [4.78, 5) is 6.89. The Kier molecular flexibility index (Phi) is 8.52. The van der Waals surface area contributed by atoms with Crippen LogP contribution in [0.25, 0.3) is 0 Å². The normalized spacial score (nSPS) is 23.9. The molecular formula is C15H29IN4. The summed E-state index contributed by atoms with van der Waals surface area (Å²) in [5.41, 5.74) is 0. The SMILES string of the molecule is CCCN1CCC(CNC(=NC)NC2CC=CC2)C1.I. The van der Waals surface area contributed by atoms with Gasteiger partial charge in [0.05, 0.1) is 0 Å². The first-order valence-corrected chi connectivity index (χ1v) is 7.66. The van der Waals surface area contributed by atoms with Gasteiger partial charge in [-0.2, -0.15) is 0 Å². The van der Waals surface area contributed by atoms with Crippen LogP contribution >= 0.6 is 24.0 Å². The van der Waals surface area contributed by atoms with Gasteiger partial charge in [-0.15, -0.1) is 24.0 Å². The fraction of sp³-hybridized carbons (Fsp3) is 0.800. The highest BCUT2D eigenvalue weighted by Crippen LogP contribution is 2.15. The van der Waals surface area contributed by atoms with E-state index in [-0.39, 0.29) is 24.0 Å². The molecule has 0 spiro atoms. The molecule has 0 saturated carbocycles. The van der Waals surface area contributed by atoms with E-state index in [0.717, 1.165) is 31.3 Å². The lowest BCUT2D eigenvalue weighted by Crippen LogP contribution is -2.44. The molecule has 2 N–H and O–H groups in total. The largest absolute Gasteiger partial charge is 0.356 e. The van der Waals surface area contributed by atoms with Crippen molar-refractivity contribution < 1.29 is 0 Å². The van der Waals surface area contributed by atoms with Gasteiger partial charge in [0, 0.05) is 26.2 Å². The van der Waals surface area contributed by atoms with Crippen LogP contribution in [0.2, 0.25) is 0 Å². The van der Waals surface area contributed by atoms with Gasteiger partial charge in [0.2, 0.25) is 0 Å². The second-order valence-corrected chi connectivity index (χ2v) is 5.69. The molecule has 4 nitrogen and oxygen atoms in total. The number of aliphatic imine (C=N–C) groups is 1. The van der Waals surface area contributed by atoms with E-state index in [4.69, 9.17) is 0 Å². The molecule has 1 saturated heterocycles. The van der Waals surface area contributed by atoms with Crippen molar-refractivity contribution in [3.05, 3.63) is 12.2 Å². The Morgan fingerprint density at radius 3 is 2.75 bits per heavy atom. The third kappa shape index (κ3) is 5.60. The lowest BCUT2D eigenvalue weighted by molar-refractivity contribution is 0.324. The van der Waals surface area contributed by atoms with Gasteiger partial charge in [0.25, 0.3) is 0 Å². The standard InChI is InChI=1S/C15H28N4.HI/c1-3-9-19-10-8-13(12-19)11-17-15(16-2)18-14-6-4-5-7-14;/h4-5,13-14H,3,6-12H2,1-2H3,(H2,16,17,18);1H. The Hall–Kier alpha value is -0.300. The second kappa shape index (κ2) is 9.60. The van der Waals surface area contributed by atoms with E-state index in [1.54, 1.807) is 0 Å². The molecule has 0 aromatic carbocycles. The zero-order valence-electron chi connectivity index (χ0n) is 12.8. The molecule has 20 heavy (non-hydrogen) atoms. The number of likely N-dealkylation sites (tertiary alicyclic amines) is 1. The lowest BCUT2D eigenvalue weighted by atomic mass is 10.1. The average Bonchev–Trinajstić information content (AvgIpc) is 3.06. The first-order valence-electron chi connectivity index (χ1n) is 7.66. The molecule has 2 aliphatic rings. The van der Waals surface area contributed by atoms with E-state index in [2.05, 4.69) is 39.6 Å². The average molecular weight is 392 g/mol. The van der Waals surface area contributed by atoms with E-state index >= 15 is 0 Å². The summed E-state index contributed by atoms with van der Waals surface area (Å²) < 4.78 is 0. The smallest absolute Gasteiger partial charge is 0.191 e. The lowest BCUT2D eigenvalue weighted by Gasteiger charge is -2.19. The zero-order chi connectivity index (χ0) is 13.5. The third-order valence-electron chi connectivity index (χ3n) is 4.04. The summed E-state index contributed by atoms with van der Waals surface area (Å²) in [6.45, 7) is 7.05. The molecule has 116 valence electrons. The van der Waals surface area contributed by atoms with Gasteiger partial charge in [-0.05, 0) is 44.7 Å². The summed E-state index contributed by atoms with van der Waals surface area (Å²) in [6, 6.07) is 0.534. The van der Waals surface area contributed by atoms with Gasteiger partial charge < -0.3 is 15.5 Å². The molecule has 2 rings (SSSR count). The van der Waals surface area contributed by atoms with Crippen LogP contribution < -0.4 is 10.6 Å². The van der Waals surface area contributed by atoms with E-state index < -0.39 is 0 Å². The number of nitrogens with zero attached hydrogens (tertiary/aromatic N) is 2. The van der Waals surface area contributed by atoms with E-state index in [1.165, 1.54) is 32.5 Å². The van der Waals surface area contributed by atoms with Crippen LogP contribution in [-0.2, 0) is 0 Å². The fourth-order valence-electron chi connectivity index (χ4n) is 2.96. The molecule has 0 amide bonds. The van der Waals surface area contributed by atoms with Gasteiger partial charge in [-0.3, -0.25) is 4.99 Å². The third-order valence-corrected chi connectivity index (χ3v) is 4.04. The molecule has 1 atom stereocenters. The van der Waals surface area contributed by atoms with Crippen molar-refractivity contribution in [1.82, 2.24) is 15.5 Å². The molecule has 1 aliphatic heterocycles. The van der Waals surface area contributed by atoms with Gasteiger partial charge in [0.1, 0.15) is 0 Å². The summed E-state index contributed by atoms with van der Waals surface area (Å²) >= 11 is 0. The molecule has 0 aromatic heterocycles. The zero-order valence-corrected chi connectivity index (χ0v) is 15.1. The molecule has 1 unspecified atom stereocenters. The topological polar surface area (TPSA) is 39.7 Å². The minimum Gasteiger partial charge on any atom is -0.356 e. The minimum atomic E-state index is 0. The van der Waals surface area contributed by atoms with Crippen LogP contribution in [0.5, 0.6) is 0 Å². The maximum absolute atomic E-state index is 4.32. The van der Waals surface area contributed by atoms with Crippen molar-refractivity contribution in [3.8, 4) is 0 Å². The molecule has 5 heteroatoms. The van der Waals surface area contributed by atoms with Crippen LogP contribution in [0.15, 0.2) is 17.1 Å².